The Labute approximate surface area is 128 Å². The molecular weight excluding hydrogens is 284 g/mol. The van der Waals surface area contributed by atoms with Gasteiger partial charge in [-0.25, -0.2) is 4.98 Å². The van der Waals surface area contributed by atoms with Crippen LogP contribution in [0.25, 0.3) is 0 Å². The number of H-pyrrole nitrogens is 1. The third kappa shape index (κ3) is 2.74. The molecule has 1 aliphatic heterocycles. The third-order valence-corrected chi connectivity index (χ3v) is 3.87. The van der Waals surface area contributed by atoms with E-state index in [1.165, 1.54) is 0 Å². The van der Waals surface area contributed by atoms with E-state index in [1.807, 2.05) is 24.6 Å². The molecule has 0 saturated carbocycles. The summed E-state index contributed by atoms with van der Waals surface area (Å²) >= 11 is 0. The lowest BCUT2D eigenvalue weighted by Crippen LogP contribution is -2.27. The van der Waals surface area contributed by atoms with Crippen molar-refractivity contribution in [1.29, 1.82) is 0 Å². The predicted octanol–water partition coefficient (Wildman–Crippen LogP) is 1.30. The molecule has 0 spiro atoms. The molecule has 1 aliphatic rings. The van der Waals surface area contributed by atoms with Crippen LogP contribution in [0.1, 0.15) is 38.0 Å². The van der Waals surface area contributed by atoms with Gasteiger partial charge in [-0.15, -0.1) is 5.10 Å². The summed E-state index contributed by atoms with van der Waals surface area (Å²) in [7, 11) is 0. The van der Waals surface area contributed by atoms with Crippen molar-refractivity contribution in [2.45, 2.75) is 39.3 Å². The lowest BCUT2D eigenvalue weighted by atomic mass is 10.00. The summed E-state index contributed by atoms with van der Waals surface area (Å²) in [6.45, 7) is 5.35. The number of aromatic amines is 1. The Balaban J connectivity index is 1.73. The number of anilines is 1. The molecule has 2 aromatic rings. The molecule has 22 heavy (non-hydrogen) atoms. The van der Waals surface area contributed by atoms with Crippen molar-refractivity contribution in [3.05, 3.63) is 24.0 Å². The van der Waals surface area contributed by atoms with Crippen LogP contribution in [0.4, 0.5) is 5.95 Å². The van der Waals surface area contributed by atoms with Crippen LogP contribution < -0.4 is 5.32 Å². The smallest absolute Gasteiger partial charge is 0.248 e. The van der Waals surface area contributed by atoms with Crippen molar-refractivity contribution in [3.63, 3.8) is 0 Å². The maximum atomic E-state index is 12.5. The molecule has 0 bridgehead atoms. The van der Waals surface area contributed by atoms with Gasteiger partial charge in [-0.1, -0.05) is 6.92 Å². The number of hydrogen-bond acceptors (Lipinski definition) is 5. The minimum absolute atomic E-state index is 0.130. The van der Waals surface area contributed by atoms with Gasteiger partial charge >= 0.3 is 0 Å². The molecule has 2 atom stereocenters. The van der Waals surface area contributed by atoms with Gasteiger partial charge in [0.15, 0.2) is 0 Å². The average molecular weight is 304 g/mol. The number of rotatable bonds is 5. The van der Waals surface area contributed by atoms with E-state index in [0.717, 1.165) is 24.6 Å². The summed E-state index contributed by atoms with van der Waals surface area (Å²) in [6.07, 6.45) is 4.72. The van der Waals surface area contributed by atoms with Crippen LogP contribution in [-0.4, -0.2) is 37.2 Å². The fraction of sp³-hybridized carbons (Fsp3) is 0.571. The van der Waals surface area contributed by atoms with Crippen LogP contribution in [0, 0.1) is 5.92 Å². The molecule has 1 saturated heterocycles. The molecule has 118 valence electrons. The van der Waals surface area contributed by atoms with Gasteiger partial charge in [0.05, 0.1) is 5.92 Å². The molecule has 0 aromatic carbocycles. The molecule has 8 nitrogen and oxygen atoms in total. The fourth-order valence-corrected chi connectivity index (χ4v) is 2.67. The van der Waals surface area contributed by atoms with Crippen molar-refractivity contribution >= 4 is 11.9 Å². The standard InChI is InChI=1S/C14H20N6O2/c1-3-10-16-14(19-18-10)17-13(21)9-5-8-22-11(9)12-15-6-7-20(12)4-2/h6-7,9,11H,3-5,8H2,1-2H3,(H2,16,17,18,19,21)/t9-,11-/m1/s1. The molecule has 2 aromatic heterocycles. The Morgan fingerprint density at radius 3 is 3.14 bits per heavy atom. The number of carbonyl (C=O) groups excluding carboxylic acids is 1. The topological polar surface area (TPSA) is 97.7 Å². The lowest BCUT2D eigenvalue weighted by molar-refractivity contribution is -0.121. The van der Waals surface area contributed by atoms with Gasteiger partial charge in [-0.2, -0.15) is 4.98 Å². The molecule has 1 fully saturated rings. The molecule has 0 radical (unpaired) electrons. The summed E-state index contributed by atoms with van der Waals surface area (Å²) < 4.78 is 7.74. The van der Waals surface area contributed by atoms with Crippen LogP contribution in [0.2, 0.25) is 0 Å². The first-order valence-corrected chi connectivity index (χ1v) is 7.57. The maximum Gasteiger partial charge on any atom is 0.248 e. The first-order valence-electron chi connectivity index (χ1n) is 7.57. The molecule has 0 unspecified atom stereocenters. The van der Waals surface area contributed by atoms with Gasteiger partial charge in [-0.05, 0) is 13.3 Å². The first kappa shape index (κ1) is 14.7. The van der Waals surface area contributed by atoms with E-state index in [-0.39, 0.29) is 17.9 Å². The summed E-state index contributed by atoms with van der Waals surface area (Å²) in [5.74, 6) is 1.44. The van der Waals surface area contributed by atoms with Crippen LogP contribution >= 0.6 is 0 Å². The van der Waals surface area contributed by atoms with E-state index in [0.29, 0.717) is 19.0 Å². The summed E-state index contributed by atoms with van der Waals surface area (Å²) in [6, 6.07) is 0. The maximum absolute atomic E-state index is 12.5. The second-order valence-electron chi connectivity index (χ2n) is 5.21. The van der Waals surface area contributed by atoms with Gasteiger partial charge < -0.3 is 9.30 Å². The van der Waals surface area contributed by atoms with Crippen molar-refractivity contribution in [3.8, 4) is 0 Å². The van der Waals surface area contributed by atoms with Gasteiger partial charge in [0.1, 0.15) is 17.8 Å². The summed E-state index contributed by atoms with van der Waals surface area (Å²) in [5, 5.41) is 9.53. The summed E-state index contributed by atoms with van der Waals surface area (Å²) in [4.78, 5) is 21.0. The van der Waals surface area contributed by atoms with Crippen LogP contribution in [0.15, 0.2) is 12.4 Å². The van der Waals surface area contributed by atoms with Gasteiger partial charge in [0.2, 0.25) is 11.9 Å². The second kappa shape index (κ2) is 6.27. The first-order chi connectivity index (χ1) is 10.7. The molecule has 8 heteroatoms. The van der Waals surface area contributed by atoms with Crippen LogP contribution in [0.3, 0.4) is 0 Å². The number of amides is 1. The summed E-state index contributed by atoms with van der Waals surface area (Å²) in [5.41, 5.74) is 0. The van der Waals surface area contributed by atoms with Gasteiger partial charge in [0.25, 0.3) is 0 Å². The number of aromatic nitrogens is 5. The molecule has 0 aliphatic carbocycles. The Hall–Kier alpha value is -2.22. The van der Waals surface area contributed by atoms with E-state index in [4.69, 9.17) is 4.74 Å². The monoisotopic (exact) mass is 304 g/mol. The molecule has 3 heterocycles. The highest BCUT2D eigenvalue weighted by molar-refractivity contribution is 5.91. The largest absolute Gasteiger partial charge is 0.369 e. The van der Waals surface area contributed by atoms with Gasteiger partial charge in [-0.3, -0.25) is 15.2 Å². The average Bonchev–Trinajstić information content (AvgIpc) is 3.25. The molecular formula is C14H20N6O2. The predicted molar refractivity (Wildman–Crippen MR) is 79.1 cm³/mol. The van der Waals surface area contributed by atoms with Gasteiger partial charge in [0, 0.05) is 32.0 Å². The Morgan fingerprint density at radius 1 is 1.55 bits per heavy atom. The minimum Gasteiger partial charge on any atom is -0.369 e. The zero-order valence-electron chi connectivity index (χ0n) is 12.7. The highest BCUT2D eigenvalue weighted by atomic mass is 16.5. The molecule has 2 N–H and O–H groups in total. The second-order valence-corrected chi connectivity index (χ2v) is 5.21. The van der Waals surface area contributed by atoms with E-state index in [1.54, 1.807) is 6.20 Å². The zero-order valence-corrected chi connectivity index (χ0v) is 12.7. The Morgan fingerprint density at radius 2 is 2.41 bits per heavy atom. The lowest BCUT2D eigenvalue weighted by Gasteiger charge is -2.17. The van der Waals surface area contributed by atoms with Crippen molar-refractivity contribution < 1.29 is 9.53 Å². The number of aryl methyl sites for hydroxylation is 2. The van der Waals surface area contributed by atoms with Crippen LogP contribution in [0.5, 0.6) is 0 Å². The Bertz CT molecular complexity index is 649. The van der Waals surface area contributed by atoms with Crippen molar-refractivity contribution in [2.75, 3.05) is 11.9 Å². The third-order valence-electron chi connectivity index (χ3n) is 3.87. The number of hydrogen-bond donors (Lipinski definition) is 2. The fourth-order valence-electron chi connectivity index (χ4n) is 2.67. The van der Waals surface area contributed by atoms with Crippen LogP contribution in [-0.2, 0) is 22.5 Å². The van der Waals surface area contributed by atoms with Crippen molar-refractivity contribution in [2.24, 2.45) is 5.92 Å². The van der Waals surface area contributed by atoms with Crippen molar-refractivity contribution in [1.82, 2.24) is 24.7 Å². The normalized spacial score (nSPS) is 21.2. The number of ether oxygens (including phenoxy) is 1. The number of nitrogens with zero attached hydrogens (tertiary/aromatic N) is 4. The highest BCUT2D eigenvalue weighted by Gasteiger charge is 2.38. The minimum atomic E-state index is -0.320. The number of imidazole rings is 1. The van der Waals surface area contributed by atoms with E-state index < -0.39 is 0 Å². The zero-order chi connectivity index (χ0) is 15.5. The van der Waals surface area contributed by atoms with E-state index >= 15 is 0 Å². The Kier molecular flexibility index (Phi) is 4.19. The van der Waals surface area contributed by atoms with E-state index in [2.05, 4.69) is 25.5 Å². The molecule has 1 amide bonds. The highest BCUT2D eigenvalue weighted by Crippen LogP contribution is 2.34. The SMILES string of the molecule is CCc1nc(NC(=O)[C@@H]2CCO[C@H]2c2nccn2CC)n[nH]1. The molecule has 3 rings (SSSR count). The number of carbonyl (C=O) groups is 1. The quantitative estimate of drug-likeness (QED) is 0.867. The number of nitrogens with one attached hydrogen (secondary N) is 2. The van der Waals surface area contributed by atoms with E-state index in [9.17, 15) is 4.79 Å².